The van der Waals surface area contributed by atoms with E-state index in [0.717, 1.165) is 12.5 Å². The zero-order chi connectivity index (χ0) is 19.1. The van der Waals surface area contributed by atoms with Gasteiger partial charge in [0.25, 0.3) is 5.91 Å². The van der Waals surface area contributed by atoms with E-state index >= 15 is 0 Å². The summed E-state index contributed by atoms with van der Waals surface area (Å²) in [5, 5.41) is 3.14. The van der Waals surface area contributed by atoms with Gasteiger partial charge in [-0.1, -0.05) is 19.3 Å². The predicted molar refractivity (Wildman–Crippen MR) is 108 cm³/mol. The molecule has 1 saturated heterocycles. The number of rotatable bonds is 8. The van der Waals surface area contributed by atoms with Gasteiger partial charge in [0.05, 0.1) is 13.7 Å². The van der Waals surface area contributed by atoms with Crippen LogP contribution in [0, 0.1) is 5.92 Å². The molecule has 1 aromatic rings. The van der Waals surface area contributed by atoms with E-state index in [1.165, 1.54) is 58.0 Å². The zero-order valence-electron chi connectivity index (χ0n) is 16.8. The van der Waals surface area contributed by atoms with Gasteiger partial charge in [-0.2, -0.15) is 0 Å². The number of nitrogens with zero attached hydrogens (tertiary/aromatic N) is 1. The van der Waals surface area contributed by atoms with Gasteiger partial charge in [-0.05, 0) is 63.3 Å². The van der Waals surface area contributed by atoms with E-state index in [0.29, 0.717) is 29.7 Å². The molecule has 2 fully saturated rings. The summed E-state index contributed by atoms with van der Waals surface area (Å²) in [7, 11) is 1.61. The summed E-state index contributed by atoms with van der Waals surface area (Å²) in [4.78, 5) is 15.2. The molecule has 1 N–H and O–H groups in total. The van der Waals surface area contributed by atoms with Crippen LogP contribution in [0.25, 0.3) is 0 Å². The summed E-state index contributed by atoms with van der Waals surface area (Å²) >= 11 is 0. The molecule has 1 atom stereocenters. The van der Waals surface area contributed by atoms with E-state index in [1.54, 1.807) is 25.3 Å². The maximum absolute atomic E-state index is 12.6. The molecule has 150 valence electrons. The molecule has 5 nitrogen and oxygen atoms in total. The third-order valence-corrected chi connectivity index (χ3v) is 5.94. The molecular weight excluding hydrogens is 340 g/mol. The highest BCUT2D eigenvalue weighted by Gasteiger charge is 2.27. The van der Waals surface area contributed by atoms with E-state index in [1.807, 2.05) is 6.92 Å². The van der Waals surface area contributed by atoms with Gasteiger partial charge in [0.1, 0.15) is 0 Å². The first-order valence-electron chi connectivity index (χ1n) is 10.5. The summed E-state index contributed by atoms with van der Waals surface area (Å²) < 4.78 is 10.9. The van der Waals surface area contributed by atoms with Gasteiger partial charge in [-0.25, -0.2) is 0 Å². The molecule has 5 heteroatoms. The Morgan fingerprint density at radius 1 is 1.15 bits per heavy atom. The van der Waals surface area contributed by atoms with Gasteiger partial charge in [-0.15, -0.1) is 0 Å². The van der Waals surface area contributed by atoms with Crippen LogP contribution in [0.2, 0.25) is 0 Å². The average Bonchev–Trinajstić information content (AvgIpc) is 3.14. The number of amides is 1. The lowest BCUT2D eigenvalue weighted by molar-refractivity contribution is 0.0936. The first-order chi connectivity index (χ1) is 13.2. The van der Waals surface area contributed by atoms with Crippen molar-refractivity contribution in [3.05, 3.63) is 23.8 Å². The molecule has 0 radical (unpaired) electrons. The number of carbonyl (C=O) groups is 1. The van der Waals surface area contributed by atoms with Gasteiger partial charge in [0, 0.05) is 24.7 Å². The monoisotopic (exact) mass is 374 g/mol. The normalized spacial score (nSPS) is 21.2. The Kier molecular flexibility index (Phi) is 7.39. The molecule has 1 aromatic carbocycles. The van der Waals surface area contributed by atoms with Crippen molar-refractivity contribution in [2.75, 3.05) is 33.4 Å². The lowest BCUT2D eigenvalue weighted by atomic mass is 9.89. The van der Waals surface area contributed by atoms with Crippen LogP contribution in [0.4, 0.5) is 0 Å². The summed E-state index contributed by atoms with van der Waals surface area (Å²) in [6.45, 7) is 5.57. The van der Waals surface area contributed by atoms with Crippen LogP contribution < -0.4 is 14.8 Å². The van der Waals surface area contributed by atoms with Gasteiger partial charge in [0.2, 0.25) is 0 Å². The largest absolute Gasteiger partial charge is 0.493 e. The van der Waals surface area contributed by atoms with Crippen molar-refractivity contribution in [3.63, 3.8) is 0 Å². The maximum atomic E-state index is 12.6. The second-order valence-electron chi connectivity index (χ2n) is 7.80. The maximum Gasteiger partial charge on any atom is 0.251 e. The highest BCUT2D eigenvalue weighted by molar-refractivity contribution is 5.94. The number of nitrogens with one attached hydrogen (secondary N) is 1. The highest BCUT2D eigenvalue weighted by atomic mass is 16.5. The third-order valence-electron chi connectivity index (χ3n) is 5.94. The van der Waals surface area contributed by atoms with Crippen molar-refractivity contribution in [3.8, 4) is 11.5 Å². The fourth-order valence-electron chi connectivity index (χ4n) is 4.47. The van der Waals surface area contributed by atoms with Crippen molar-refractivity contribution >= 4 is 5.91 Å². The second-order valence-corrected chi connectivity index (χ2v) is 7.80. The summed E-state index contributed by atoms with van der Waals surface area (Å²) in [5.74, 6) is 2.09. The van der Waals surface area contributed by atoms with Crippen LogP contribution >= 0.6 is 0 Å². The van der Waals surface area contributed by atoms with Crippen LogP contribution in [0.15, 0.2) is 18.2 Å². The lowest BCUT2D eigenvalue weighted by Gasteiger charge is -2.31. The van der Waals surface area contributed by atoms with Crippen molar-refractivity contribution in [2.45, 2.75) is 57.9 Å². The minimum atomic E-state index is -0.0388. The molecule has 0 spiro atoms. The first kappa shape index (κ1) is 20.0. The van der Waals surface area contributed by atoms with Crippen LogP contribution in [0.1, 0.15) is 62.2 Å². The first-order valence-corrected chi connectivity index (χ1v) is 10.5. The van der Waals surface area contributed by atoms with Crippen molar-refractivity contribution < 1.29 is 14.3 Å². The average molecular weight is 375 g/mol. The number of hydrogen-bond acceptors (Lipinski definition) is 4. The molecule has 1 heterocycles. The Balaban J connectivity index is 1.54. The molecular formula is C22H34N2O3. The third kappa shape index (κ3) is 5.38. The molecule has 1 aliphatic heterocycles. The van der Waals surface area contributed by atoms with Crippen LogP contribution in [0.5, 0.6) is 11.5 Å². The van der Waals surface area contributed by atoms with Crippen molar-refractivity contribution in [1.29, 1.82) is 0 Å². The van der Waals surface area contributed by atoms with E-state index in [2.05, 4.69) is 10.2 Å². The molecule has 0 bridgehead atoms. The molecule has 1 saturated carbocycles. The van der Waals surface area contributed by atoms with Crippen LogP contribution in [-0.4, -0.2) is 50.2 Å². The van der Waals surface area contributed by atoms with Crippen LogP contribution in [-0.2, 0) is 0 Å². The van der Waals surface area contributed by atoms with E-state index in [4.69, 9.17) is 9.47 Å². The summed E-state index contributed by atoms with van der Waals surface area (Å²) in [6.07, 6.45) is 9.36. The summed E-state index contributed by atoms with van der Waals surface area (Å²) in [6, 6.07) is 5.84. The number of likely N-dealkylation sites (tertiary alicyclic amines) is 1. The summed E-state index contributed by atoms with van der Waals surface area (Å²) in [5.41, 5.74) is 0.621. The second kappa shape index (κ2) is 9.98. The van der Waals surface area contributed by atoms with Gasteiger partial charge in [-0.3, -0.25) is 9.69 Å². The van der Waals surface area contributed by atoms with Gasteiger partial charge in [0.15, 0.2) is 11.5 Å². The van der Waals surface area contributed by atoms with E-state index in [-0.39, 0.29) is 5.91 Å². The molecule has 0 aromatic heterocycles. The molecule has 1 aliphatic carbocycles. The Labute approximate surface area is 163 Å². The SMILES string of the molecule is CCOc1cc(C(=O)NC[C@@H]2CCCN2CC2CCCCC2)ccc1OC. The fraction of sp³-hybridized carbons (Fsp3) is 0.682. The highest BCUT2D eigenvalue weighted by Crippen LogP contribution is 2.29. The predicted octanol–water partition coefficient (Wildman–Crippen LogP) is 3.87. The number of carbonyl (C=O) groups excluding carboxylic acids is 1. The van der Waals surface area contributed by atoms with E-state index in [9.17, 15) is 4.79 Å². The number of benzene rings is 1. The minimum Gasteiger partial charge on any atom is -0.493 e. The van der Waals surface area contributed by atoms with Crippen LogP contribution in [0.3, 0.4) is 0 Å². The van der Waals surface area contributed by atoms with Crippen molar-refractivity contribution in [2.24, 2.45) is 5.92 Å². The molecule has 3 rings (SSSR count). The topological polar surface area (TPSA) is 50.8 Å². The standard InChI is InChI=1S/C22H34N2O3/c1-3-27-21-14-18(11-12-20(21)26-2)22(25)23-15-19-10-7-13-24(19)16-17-8-5-4-6-9-17/h11-12,14,17,19H,3-10,13,15-16H2,1-2H3,(H,23,25)/t19-/m0/s1. The Hall–Kier alpha value is -1.75. The zero-order valence-corrected chi connectivity index (χ0v) is 16.8. The number of ether oxygens (including phenoxy) is 2. The fourth-order valence-corrected chi connectivity index (χ4v) is 4.47. The smallest absolute Gasteiger partial charge is 0.251 e. The Morgan fingerprint density at radius 2 is 1.96 bits per heavy atom. The number of hydrogen-bond donors (Lipinski definition) is 1. The Morgan fingerprint density at radius 3 is 2.70 bits per heavy atom. The molecule has 0 unspecified atom stereocenters. The number of methoxy groups -OCH3 is 1. The Bertz CT molecular complexity index is 614. The molecule has 2 aliphatic rings. The van der Waals surface area contributed by atoms with E-state index < -0.39 is 0 Å². The molecule has 27 heavy (non-hydrogen) atoms. The molecule has 1 amide bonds. The van der Waals surface area contributed by atoms with Gasteiger partial charge >= 0.3 is 0 Å². The quantitative estimate of drug-likeness (QED) is 0.750. The minimum absolute atomic E-state index is 0.0388. The van der Waals surface area contributed by atoms with Gasteiger partial charge < -0.3 is 14.8 Å². The van der Waals surface area contributed by atoms with Crippen molar-refractivity contribution in [1.82, 2.24) is 10.2 Å². The lowest BCUT2D eigenvalue weighted by Crippen LogP contribution is -2.42.